The third-order valence-electron chi connectivity index (χ3n) is 5.71. The van der Waals surface area contributed by atoms with E-state index in [0.717, 1.165) is 6.42 Å². The normalized spacial score (nSPS) is 13.4. The van der Waals surface area contributed by atoms with E-state index in [9.17, 15) is 14.0 Å². The molecule has 34 heavy (non-hydrogen) atoms. The van der Waals surface area contributed by atoms with Gasteiger partial charge < -0.3 is 19.5 Å². The molecule has 1 aliphatic rings. The van der Waals surface area contributed by atoms with E-state index in [1.165, 1.54) is 25.4 Å². The molecule has 3 heterocycles. The van der Waals surface area contributed by atoms with Crippen molar-refractivity contribution in [1.82, 2.24) is 14.3 Å². The van der Waals surface area contributed by atoms with Crippen LogP contribution in [-0.2, 0) is 4.79 Å². The molecule has 0 spiro atoms. The average Bonchev–Trinajstić information content (AvgIpc) is 3.60. The summed E-state index contributed by atoms with van der Waals surface area (Å²) in [6, 6.07) is 14.8. The number of hydrogen-bond donors (Lipinski definition) is 1. The van der Waals surface area contributed by atoms with Crippen LogP contribution in [0.4, 0.5) is 15.8 Å². The van der Waals surface area contributed by atoms with E-state index in [0.29, 0.717) is 47.2 Å². The number of amides is 2. The highest BCUT2D eigenvalue weighted by molar-refractivity contribution is 6.07. The minimum Gasteiger partial charge on any atom is -0.494 e. The smallest absolute Gasteiger partial charge is 0.261 e. The van der Waals surface area contributed by atoms with Crippen molar-refractivity contribution in [1.29, 1.82) is 0 Å². The molecule has 0 atom stereocenters. The van der Waals surface area contributed by atoms with Gasteiger partial charge in [-0.15, -0.1) is 0 Å². The van der Waals surface area contributed by atoms with E-state index >= 15 is 0 Å². The van der Waals surface area contributed by atoms with Gasteiger partial charge in [-0.05, 0) is 55.0 Å². The molecule has 9 heteroatoms. The van der Waals surface area contributed by atoms with Crippen molar-refractivity contribution in [2.75, 3.05) is 23.9 Å². The SMILES string of the molecule is COc1cc(NC(=O)c2cnn(-c3ccc(F)cc3)c2-n2cccc2)ccc1N1CCCC1=O. The van der Waals surface area contributed by atoms with Crippen molar-refractivity contribution >= 4 is 23.2 Å². The van der Waals surface area contributed by atoms with Gasteiger partial charge in [-0.2, -0.15) is 5.10 Å². The summed E-state index contributed by atoms with van der Waals surface area (Å²) in [5.41, 5.74) is 2.15. The lowest BCUT2D eigenvalue weighted by atomic mass is 10.2. The third-order valence-corrected chi connectivity index (χ3v) is 5.71. The monoisotopic (exact) mass is 459 g/mol. The number of nitrogens with zero attached hydrogens (tertiary/aromatic N) is 4. The Kier molecular flexibility index (Phi) is 5.59. The molecule has 172 valence electrons. The molecular weight excluding hydrogens is 437 g/mol. The van der Waals surface area contributed by atoms with Crippen molar-refractivity contribution in [3.05, 3.63) is 84.6 Å². The zero-order chi connectivity index (χ0) is 23.7. The lowest BCUT2D eigenvalue weighted by Crippen LogP contribution is -2.24. The molecular formula is C25H22FN5O3. The van der Waals surface area contributed by atoms with Crippen molar-refractivity contribution < 1.29 is 18.7 Å². The Bertz CT molecular complexity index is 1350. The van der Waals surface area contributed by atoms with E-state index in [1.807, 2.05) is 12.1 Å². The predicted octanol–water partition coefficient (Wildman–Crippen LogP) is 4.19. The molecule has 2 aromatic carbocycles. The lowest BCUT2D eigenvalue weighted by Gasteiger charge is -2.19. The van der Waals surface area contributed by atoms with Crippen LogP contribution in [0.25, 0.3) is 11.5 Å². The molecule has 2 aromatic heterocycles. The van der Waals surface area contributed by atoms with Crippen LogP contribution in [-0.4, -0.2) is 39.8 Å². The number of nitrogens with one attached hydrogen (secondary N) is 1. The molecule has 4 aromatic rings. The van der Waals surface area contributed by atoms with Gasteiger partial charge in [0.15, 0.2) is 5.82 Å². The molecule has 0 bridgehead atoms. The van der Waals surface area contributed by atoms with Crippen LogP contribution in [0.3, 0.4) is 0 Å². The number of halogens is 1. The minimum absolute atomic E-state index is 0.0552. The number of carbonyl (C=O) groups is 2. The second kappa shape index (κ2) is 8.86. The molecule has 2 amide bonds. The van der Waals surface area contributed by atoms with Gasteiger partial charge >= 0.3 is 0 Å². The molecule has 1 fully saturated rings. The molecule has 1 saturated heterocycles. The summed E-state index contributed by atoms with van der Waals surface area (Å²) in [6.45, 7) is 0.643. The van der Waals surface area contributed by atoms with Crippen molar-refractivity contribution in [3.8, 4) is 17.3 Å². The zero-order valence-electron chi connectivity index (χ0n) is 18.4. The topological polar surface area (TPSA) is 81.4 Å². The quantitative estimate of drug-likeness (QED) is 0.469. The van der Waals surface area contributed by atoms with Crippen LogP contribution in [0.2, 0.25) is 0 Å². The molecule has 0 saturated carbocycles. The van der Waals surface area contributed by atoms with Gasteiger partial charge in [0, 0.05) is 37.1 Å². The zero-order valence-corrected chi connectivity index (χ0v) is 18.4. The van der Waals surface area contributed by atoms with Crippen LogP contribution in [0, 0.1) is 5.82 Å². The highest BCUT2D eigenvalue weighted by atomic mass is 19.1. The molecule has 8 nitrogen and oxygen atoms in total. The van der Waals surface area contributed by atoms with Crippen LogP contribution < -0.4 is 15.0 Å². The van der Waals surface area contributed by atoms with Crippen LogP contribution in [0.5, 0.6) is 5.75 Å². The first-order chi connectivity index (χ1) is 16.5. The number of rotatable bonds is 6. The Morgan fingerprint density at radius 2 is 1.88 bits per heavy atom. The van der Waals surface area contributed by atoms with E-state index in [1.54, 1.807) is 56.9 Å². The Hall–Kier alpha value is -4.40. The summed E-state index contributed by atoms with van der Waals surface area (Å²) < 4.78 is 22.3. The second-order valence-electron chi connectivity index (χ2n) is 7.85. The number of benzene rings is 2. The Morgan fingerprint density at radius 3 is 2.56 bits per heavy atom. The van der Waals surface area contributed by atoms with Gasteiger partial charge in [-0.1, -0.05) is 0 Å². The van der Waals surface area contributed by atoms with Gasteiger partial charge in [-0.25, -0.2) is 9.07 Å². The van der Waals surface area contributed by atoms with E-state index in [2.05, 4.69) is 10.4 Å². The van der Waals surface area contributed by atoms with Crippen LogP contribution in [0.1, 0.15) is 23.2 Å². The van der Waals surface area contributed by atoms with Crippen LogP contribution >= 0.6 is 0 Å². The third kappa shape index (κ3) is 3.92. The number of methoxy groups -OCH3 is 1. The van der Waals surface area contributed by atoms with Crippen LogP contribution in [0.15, 0.2) is 73.2 Å². The predicted molar refractivity (Wildman–Crippen MR) is 125 cm³/mol. The summed E-state index contributed by atoms with van der Waals surface area (Å²) in [5, 5.41) is 7.28. The molecule has 1 aliphatic heterocycles. The first kappa shape index (κ1) is 21.4. The second-order valence-corrected chi connectivity index (χ2v) is 7.85. The standard InChI is InChI=1S/C25H22FN5O3/c1-34-22-15-18(8-11-21(22)30-14-4-5-23(30)32)28-24(33)20-16-27-31(19-9-6-17(26)7-10-19)25(20)29-12-2-3-13-29/h2-3,6-13,15-16H,4-5,14H2,1H3,(H,28,33). The van der Waals surface area contributed by atoms with Gasteiger partial charge in [0.1, 0.15) is 17.1 Å². The fraction of sp³-hybridized carbons (Fsp3) is 0.160. The van der Waals surface area contributed by atoms with E-state index < -0.39 is 0 Å². The van der Waals surface area contributed by atoms with Gasteiger partial charge in [0.25, 0.3) is 5.91 Å². The molecule has 0 radical (unpaired) electrons. The number of hydrogen-bond acceptors (Lipinski definition) is 4. The summed E-state index contributed by atoms with van der Waals surface area (Å²) in [6.07, 6.45) is 6.41. The Morgan fingerprint density at radius 1 is 1.12 bits per heavy atom. The maximum absolute atomic E-state index is 13.4. The maximum atomic E-state index is 13.4. The number of carbonyl (C=O) groups excluding carboxylic acids is 2. The number of aromatic nitrogens is 3. The fourth-order valence-electron chi connectivity index (χ4n) is 4.08. The van der Waals surface area contributed by atoms with Crippen molar-refractivity contribution in [2.24, 2.45) is 0 Å². The summed E-state index contributed by atoms with van der Waals surface area (Å²) in [4.78, 5) is 27.1. The summed E-state index contributed by atoms with van der Waals surface area (Å²) in [7, 11) is 1.53. The van der Waals surface area contributed by atoms with Crippen molar-refractivity contribution in [2.45, 2.75) is 12.8 Å². The molecule has 1 N–H and O–H groups in total. The number of anilines is 2. The fourth-order valence-corrected chi connectivity index (χ4v) is 4.08. The van der Waals surface area contributed by atoms with E-state index in [-0.39, 0.29) is 17.6 Å². The largest absolute Gasteiger partial charge is 0.494 e. The summed E-state index contributed by atoms with van der Waals surface area (Å²) in [5.74, 6) is 0.342. The van der Waals surface area contributed by atoms with E-state index in [4.69, 9.17) is 4.74 Å². The average molecular weight is 459 g/mol. The van der Waals surface area contributed by atoms with Gasteiger partial charge in [-0.3, -0.25) is 9.59 Å². The Labute approximate surface area is 195 Å². The first-order valence-electron chi connectivity index (χ1n) is 10.8. The number of ether oxygens (including phenoxy) is 1. The summed E-state index contributed by atoms with van der Waals surface area (Å²) >= 11 is 0. The molecule has 5 rings (SSSR count). The van der Waals surface area contributed by atoms with Crippen molar-refractivity contribution in [3.63, 3.8) is 0 Å². The minimum atomic E-state index is -0.371. The highest BCUT2D eigenvalue weighted by Gasteiger charge is 2.25. The maximum Gasteiger partial charge on any atom is 0.261 e. The molecule has 0 unspecified atom stereocenters. The molecule has 0 aliphatic carbocycles. The van der Waals surface area contributed by atoms with Gasteiger partial charge in [0.2, 0.25) is 5.91 Å². The highest BCUT2D eigenvalue weighted by Crippen LogP contribution is 2.34. The first-order valence-corrected chi connectivity index (χ1v) is 10.8. The Balaban J connectivity index is 1.47. The lowest BCUT2D eigenvalue weighted by molar-refractivity contribution is -0.117. The van der Waals surface area contributed by atoms with Gasteiger partial charge in [0.05, 0.1) is 24.7 Å².